The summed E-state index contributed by atoms with van der Waals surface area (Å²) in [4.78, 5) is 29.0. The van der Waals surface area contributed by atoms with Crippen molar-refractivity contribution < 1.29 is 22.8 Å². The van der Waals surface area contributed by atoms with E-state index in [1.54, 1.807) is 18.5 Å². The molecule has 2 amide bonds. The summed E-state index contributed by atoms with van der Waals surface area (Å²) < 4.78 is 45.1. The number of anilines is 1. The Balaban J connectivity index is 1.29. The number of fused-ring (bicyclic) bond motifs is 1. The highest BCUT2D eigenvalue weighted by atomic mass is 19.4. The number of rotatable bonds is 7. The predicted molar refractivity (Wildman–Crippen MR) is 155 cm³/mol. The van der Waals surface area contributed by atoms with Crippen molar-refractivity contribution in [3.63, 3.8) is 0 Å². The average Bonchev–Trinajstić information content (AvgIpc) is 3.53. The lowest BCUT2D eigenvalue weighted by Crippen LogP contribution is -2.46. The van der Waals surface area contributed by atoms with Gasteiger partial charge in [-0.05, 0) is 85.2 Å². The molecule has 11 heteroatoms. The number of likely N-dealkylation sites (tertiary alicyclic amines) is 1. The van der Waals surface area contributed by atoms with Crippen LogP contribution in [0.25, 0.3) is 0 Å². The minimum atomic E-state index is -4.61. The van der Waals surface area contributed by atoms with Crippen LogP contribution in [-0.2, 0) is 36.5 Å². The maximum atomic E-state index is 14.4. The number of piperidine rings is 1. The zero-order valence-corrected chi connectivity index (χ0v) is 24.3. The van der Waals surface area contributed by atoms with E-state index in [0.29, 0.717) is 30.3 Å². The fourth-order valence-corrected chi connectivity index (χ4v) is 7.22. The van der Waals surface area contributed by atoms with Gasteiger partial charge in [-0.1, -0.05) is 25.6 Å². The van der Waals surface area contributed by atoms with Crippen LogP contribution in [0.1, 0.15) is 71.0 Å². The number of halogens is 3. The Bertz CT molecular complexity index is 1580. The third-order valence-electron chi connectivity index (χ3n) is 9.09. The summed E-state index contributed by atoms with van der Waals surface area (Å²) in [5.41, 5.74) is 0.914. The van der Waals surface area contributed by atoms with E-state index in [1.165, 1.54) is 17.0 Å². The maximum Gasteiger partial charge on any atom is 0.416 e. The number of hydrogen-bond donors (Lipinski definition) is 1. The molecular weight excluding hydrogens is 557 g/mol. The number of carbonyl (C=O) groups is 2. The van der Waals surface area contributed by atoms with Crippen molar-refractivity contribution >= 4 is 17.5 Å². The SMILES string of the molecule is C=CC(=O)N[C@H]1CCCN(Cc2cc3c(c(C(F)(F)F)c2)CN(c2cccc(C4(c5nncn5C)CC(C)C4)c2)C3=O)C1. The third kappa shape index (κ3) is 5.35. The number of carbonyl (C=O) groups excluding carboxylic acids is 2. The van der Waals surface area contributed by atoms with Crippen molar-refractivity contribution in [1.82, 2.24) is 25.0 Å². The molecule has 1 saturated heterocycles. The number of benzene rings is 2. The molecule has 0 bridgehead atoms. The molecule has 3 aliphatic rings. The van der Waals surface area contributed by atoms with Gasteiger partial charge >= 0.3 is 6.18 Å². The number of nitrogens with zero attached hydrogens (tertiary/aromatic N) is 5. The van der Waals surface area contributed by atoms with Gasteiger partial charge in [0.25, 0.3) is 5.91 Å². The number of amides is 2. The zero-order chi connectivity index (χ0) is 30.5. The summed E-state index contributed by atoms with van der Waals surface area (Å²) in [5, 5.41) is 11.4. The van der Waals surface area contributed by atoms with Crippen LogP contribution >= 0.6 is 0 Å². The van der Waals surface area contributed by atoms with Crippen LogP contribution in [0.3, 0.4) is 0 Å². The molecule has 3 heterocycles. The van der Waals surface area contributed by atoms with Crippen LogP contribution in [0.5, 0.6) is 0 Å². The minimum Gasteiger partial charge on any atom is -0.349 e. The molecule has 2 aromatic carbocycles. The largest absolute Gasteiger partial charge is 0.416 e. The number of aryl methyl sites for hydroxylation is 1. The van der Waals surface area contributed by atoms with E-state index in [4.69, 9.17) is 0 Å². The molecule has 0 radical (unpaired) electrons. The summed E-state index contributed by atoms with van der Waals surface area (Å²) in [6, 6.07) is 10.2. The van der Waals surface area contributed by atoms with Gasteiger partial charge in [0, 0.05) is 37.4 Å². The van der Waals surface area contributed by atoms with Crippen molar-refractivity contribution in [3.8, 4) is 0 Å². The summed E-state index contributed by atoms with van der Waals surface area (Å²) in [6.45, 7) is 6.96. The maximum absolute atomic E-state index is 14.4. The van der Waals surface area contributed by atoms with E-state index in [9.17, 15) is 22.8 Å². The van der Waals surface area contributed by atoms with Crippen LogP contribution in [0.4, 0.5) is 18.9 Å². The second kappa shape index (κ2) is 10.9. The zero-order valence-electron chi connectivity index (χ0n) is 24.3. The summed E-state index contributed by atoms with van der Waals surface area (Å²) in [5.74, 6) is 0.614. The first-order valence-electron chi connectivity index (χ1n) is 14.6. The molecule has 226 valence electrons. The lowest BCUT2D eigenvalue weighted by Gasteiger charge is -2.46. The average molecular weight is 593 g/mol. The minimum absolute atomic E-state index is 0.00157. The van der Waals surface area contributed by atoms with Crippen molar-refractivity contribution in [3.05, 3.63) is 89.0 Å². The highest BCUT2D eigenvalue weighted by Crippen LogP contribution is 2.52. The van der Waals surface area contributed by atoms with Crippen LogP contribution in [0, 0.1) is 5.92 Å². The van der Waals surface area contributed by atoms with Crippen LogP contribution < -0.4 is 10.2 Å². The quantitative estimate of drug-likeness (QED) is 0.392. The molecule has 2 aliphatic heterocycles. The summed E-state index contributed by atoms with van der Waals surface area (Å²) >= 11 is 0. The first-order chi connectivity index (χ1) is 20.5. The Morgan fingerprint density at radius 1 is 1.23 bits per heavy atom. The van der Waals surface area contributed by atoms with Gasteiger partial charge in [0.2, 0.25) is 5.91 Å². The standard InChI is InChI=1S/C32H35F3N6O2/c1-4-28(42)37-23-8-6-10-40(17-23)16-21-11-25-26(27(12-21)32(33,34)35)18-41(29(25)43)24-9-5-7-22(13-24)31(14-20(2)15-31)30-38-36-19-39(30)3/h4-5,7,9,11-13,19-20,23H,1,6,8,10,14-18H2,2-3H3,(H,37,42)/t20?,23-,31?/m0/s1. The number of nitrogens with one attached hydrogen (secondary N) is 1. The van der Waals surface area contributed by atoms with E-state index in [-0.39, 0.29) is 41.6 Å². The lowest BCUT2D eigenvalue weighted by atomic mass is 9.58. The van der Waals surface area contributed by atoms with E-state index in [2.05, 4.69) is 29.0 Å². The topological polar surface area (TPSA) is 83.4 Å². The van der Waals surface area contributed by atoms with Gasteiger partial charge in [0.05, 0.1) is 17.5 Å². The summed E-state index contributed by atoms with van der Waals surface area (Å²) in [7, 11) is 1.90. The molecule has 43 heavy (non-hydrogen) atoms. The molecule has 2 fully saturated rings. The van der Waals surface area contributed by atoms with Crippen molar-refractivity contribution in [2.45, 2.75) is 63.3 Å². The second-order valence-corrected chi connectivity index (χ2v) is 12.3. The smallest absolute Gasteiger partial charge is 0.349 e. The summed E-state index contributed by atoms with van der Waals surface area (Å²) in [6.07, 6.45) is 1.60. The van der Waals surface area contributed by atoms with E-state index >= 15 is 0 Å². The van der Waals surface area contributed by atoms with Crippen molar-refractivity contribution in [2.75, 3.05) is 18.0 Å². The number of alkyl halides is 3. The van der Waals surface area contributed by atoms with E-state index in [1.807, 2.05) is 34.7 Å². The molecule has 0 unspecified atom stereocenters. The predicted octanol–water partition coefficient (Wildman–Crippen LogP) is 4.98. The molecular formula is C32H35F3N6O2. The fraction of sp³-hybridized carbons (Fsp3) is 0.438. The lowest BCUT2D eigenvalue weighted by molar-refractivity contribution is -0.138. The Morgan fingerprint density at radius 2 is 2.02 bits per heavy atom. The Morgan fingerprint density at radius 3 is 2.70 bits per heavy atom. The first-order valence-corrected chi connectivity index (χ1v) is 14.6. The van der Waals surface area contributed by atoms with Gasteiger partial charge in [0.1, 0.15) is 12.2 Å². The third-order valence-corrected chi connectivity index (χ3v) is 9.09. The molecule has 0 spiro atoms. The Hall–Kier alpha value is -3.99. The molecule has 1 saturated carbocycles. The van der Waals surface area contributed by atoms with Gasteiger partial charge < -0.3 is 14.8 Å². The number of hydrogen-bond acceptors (Lipinski definition) is 5. The van der Waals surface area contributed by atoms with Gasteiger partial charge in [0.15, 0.2) is 0 Å². The second-order valence-electron chi connectivity index (χ2n) is 12.3. The molecule has 3 aromatic rings. The van der Waals surface area contributed by atoms with Gasteiger partial charge in [-0.15, -0.1) is 10.2 Å². The molecule has 6 rings (SSSR count). The first kappa shape index (κ1) is 29.1. The van der Waals surface area contributed by atoms with Gasteiger partial charge in [-0.25, -0.2) is 0 Å². The fourth-order valence-electron chi connectivity index (χ4n) is 7.22. The highest BCUT2D eigenvalue weighted by Gasteiger charge is 2.48. The molecule has 8 nitrogen and oxygen atoms in total. The molecule has 1 aliphatic carbocycles. The molecule has 1 N–H and O–H groups in total. The highest BCUT2D eigenvalue weighted by molar-refractivity contribution is 6.10. The Labute approximate surface area is 248 Å². The van der Waals surface area contributed by atoms with Crippen molar-refractivity contribution in [2.24, 2.45) is 13.0 Å². The van der Waals surface area contributed by atoms with Gasteiger partial charge in [-0.2, -0.15) is 13.2 Å². The van der Waals surface area contributed by atoms with Crippen LogP contribution in [0.2, 0.25) is 0 Å². The molecule has 1 aromatic heterocycles. The Kier molecular flexibility index (Phi) is 7.40. The number of aromatic nitrogens is 3. The van der Waals surface area contributed by atoms with Crippen LogP contribution in [-0.4, -0.2) is 50.6 Å². The van der Waals surface area contributed by atoms with Crippen LogP contribution in [0.15, 0.2) is 55.4 Å². The normalized spacial score (nSPS) is 24.0. The van der Waals surface area contributed by atoms with E-state index < -0.39 is 17.6 Å². The van der Waals surface area contributed by atoms with Gasteiger partial charge in [-0.3, -0.25) is 14.5 Å². The van der Waals surface area contributed by atoms with Crippen molar-refractivity contribution in [1.29, 1.82) is 0 Å². The van der Waals surface area contributed by atoms with E-state index in [0.717, 1.165) is 37.1 Å². The molecule has 1 atom stereocenters. The monoisotopic (exact) mass is 592 g/mol.